The molecule has 0 saturated carbocycles. The number of fused-ring (bicyclic) bond motifs is 3. The molecule has 0 unspecified atom stereocenters. The van der Waals surface area contributed by atoms with Crippen LogP contribution in [0.1, 0.15) is 5.56 Å². The molecule has 2 aromatic heterocycles. The molecular weight excluding hydrogens is 415 g/mol. The van der Waals surface area contributed by atoms with Gasteiger partial charge in [0, 0.05) is 16.2 Å². The molecule has 0 radical (unpaired) electrons. The number of ether oxygens (including phenoxy) is 1. The quantitative estimate of drug-likeness (QED) is 0.418. The minimum absolute atomic E-state index is 0.137. The lowest BCUT2D eigenvalue weighted by Crippen LogP contribution is -2.38. The second kappa shape index (κ2) is 7.52. The van der Waals surface area contributed by atoms with Crippen molar-refractivity contribution >= 4 is 31.6 Å². The van der Waals surface area contributed by atoms with E-state index in [1.807, 2.05) is 24.3 Å². The fraction of sp³-hybridized carbons (Fsp3) is 0.0833. The summed E-state index contributed by atoms with van der Waals surface area (Å²) < 4.78 is 23.2. The third-order valence-corrected chi connectivity index (χ3v) is 6.35. The summed E-state index contributed by atoms with van der Waals surface area (Å²) in [6, 6.07) is 20.5. The fourth-order valence-corrected chi connectivity index (χ4v) is 4.93. The summed E-state index contributed by atoms with van der Waals surface area (Å²) in [5.74, 6) is 0.162. The van der Waals surface area contributed by atoms with Gasteiger partial charge in [0.15, 0.2) is 0 Å². The van der Waals surface area contributed by atoms with Gasteiger partial charge in [0.2, 0.25) is 0 Å². The van der Waals surface area contributed by atoms with E-state index in [0.29, 0.717) is 27.2 Å². The van der Waals surface area contributed by atoms with E-state index in [4.69, 9.17) is 4.74 Å². The molecular formula is C24H17FN2O3S. The van der Waals surface area contributed by atoms with Gasteiger partial charge in [0.25, 0.3) is 5.56 Å². The van der Waals surface area contributed by atoms with Crippen LogP contribution in [-0.2, 0) is 6.54 Å². The van der Waals surface area contributed by atoms with Crippen LogP contribution in [0.4, 0.5) is 4.39 Å². The predicted molar refractivity (Wildman–Crippen MR) is 121 cm³/mol. The van der Waals surface area contributed by atoms with Gasteiger partial charge in [-0.3, -0.25) is 9.36 Å². The van der Waals surface area contributed by atoms with Crippen LogP contribution in [0.25, 0.3) is 26.0 Å². The van der Waals surface area contributed by atoms with Crippen molar-refractivity contribution in [3.05, 3.63) is 105 Å². The van der Waals surface area contributed by atoms with Crippen LogP contribution in [0.15, 0.2) is 82.4 Å². The largest absolute Gasteiger partial charge is 0.497 e. The highest BCUT2D eigenvalue weighted by Crippen LogP contribution is 2.31. The van der Waals surface area contributed by atoms with Gasteiger partial charge < -0.3 is 4.74 Å². The predicted octanol–water partition coefficient (Wildman–Crippen LogP) is 4.56. The maximum atomic E-state index is 13.8. The van der Waals surface area contributed by atoms with E-state index in [9.17, 15) is 14.0 Å². The number of aromatic nitrogens is 2. The zero-order valence-electron chi connectivity index (χ0n) is 16.5. The van der Waals surface area contributed by atoms with Gasteiger partial charge >= 0.3 is 5.69 Å². The van der Waals surface area contributed by atoms with Crippen LogP contribution in [0, 0.1) is 5.82 Å². The smallest absolute Gasteiger partial charge is 0.336 e. The lowest BCUT2D eigenvalue weighted by atomic mass is 10.2. The first kappa shape index (κ1) is 19.3. The fourth-order valence-electron chi connectivity index (χ4n) is 3.79. The monoisotopic (exact) mass is 432 g/mol. The third kappa shape index (κ3) is 3.23. The molecule has 0 fully saturated rings. The van der Waals surface area contributed by atoms with Gasteiger partial charge in [-0.25, -0.2) is 13.8 Å². The lowest BCUT2D eigenvalue weighted by Gasteiger charge is -2.13. The Morgan fingerprint density at radius 2 is 1.77 bits per heavy atom. The SMILES string of the molecule is COc1cccc(-n2c(=O)c3sc4ccccc4c3n(Cc3cccc(F)c3)c2=O)c1. The molecule has 7 heteroatoms. The summed E-state index contributed by atoms with van der Waals surface area (Å²) in [4.78, 5) is 27.1. The molecule has 3 aromatic carbocycles. The summed E-state index contributed by atoms with van der Waals surface area (Å²) in [5.41, 5.74) is 0.749. The Hall–Kier alpha value is -3.71. The van der Waals surface area contributed by atoms with Crippen LogP contribution in [0.3, 0.4) is 0 Å². The zero-order chi connectivity index (χ0) is 21.5. The molecule has 0 aliphatic carbocycles. The van der Waals surface area contributed by atoms with Gasteiger partial charge in [-0.15, -0.1) is 11.3 Å². The summed E-state index contributed by atoms with van der Waals surface area (Å²) in [5, 5.41) is 0.825. The lowest BCUT2D eigenvalue weighted by molar-refractivity contribution is 0.414. The van der Waals surface area contributed by atoms with E-state index in [1.165, 1.54) is 30.6 Å². The third-order valence-electron chi connectivity index (χ3n) is 5.20. The number of hydrogen-bond acceptors (Lipinski definition) is 4. The Bertz CT molecular complexity index is 1570. The van der Waals surface area contributed by atoms with Crippen molar-refractivity contribution in [1.29, 1.82) is 0 Å². The highest BCUT2D eigenvalue weighted by molar-refractivity contribution is 7.25. The van der Waals surface area contributed by atoms with Crippen molar-refractivity contribution in [1.82, 2.24) is 9.13 Å². The molecule has 5 nitrogen and oxygen atoms in total. The number of thiophene rings is 1. The molecule has 0 atom stereocenters. The molecule has 0 aliphatic rings. The molecule has 2 heterocycles. The van der Waals surface area contributed by atoms with Crippen LogP contribution < -0.4 is 16.0 Å². The van der Waals surface area contributed by atoms with Crippen LogP contribution in [-0.4, -0.2) is 16.2 Å². The first-order valence-corrected chi connectivity index (χ1v) is 10.4. The first-order chi connectivity index (χ1) is 15.1. The van der Waals surface area contributed by atoms with Crippen LogP contribution >= 0.6 is 11.3 Å². The Morgan fingerprint density at radius 3 is 2.58 bits per heavy atom. The van der Waals surface area contributed by atoms with E-state index in [1.54, 1.807) is 41.0 Å². The van der Waals surface area contributed by atoms with Gasteiger partial charge in [0.05, 0.1) is 24.9 Å². The highest BCUT2D eigenvalue weighted by atomic mass is 32.1. The highest BCUT2D eigenvalue weighted by Gasteiger charge is 2.19. The van der Waals surface area contributed by atoms with Crippen molar-refractivity contribution in [3.8, 4) is 11.4 Å². The molecule has 0 aliphatic heterocycles. The Labute approximate surface area is 180 Å². The van der Waals surface area contributed by atoms with Gasteiger partial charge in [-0.2, -0.15) is 0 Å². The average Bonchev–Trinajstić information content (AvgIpc) is 3.17. The van der Waals surface area contributed by atoms with Gasteiger partial charge in [0.1, 0.15) is 16.3 Å². The number of benzene rings is 3. The van der Waals surface area contributed by atoms with Gasteiger partial charge in [-0.1, -0.05) is 36.4 Å². The zero-order valence-corrected chi connectivity index (χ0v) is 17.4. The van der Waals surface area contributed by atoms with Crippen LogP contribution in [0.2, 0.25) is 0 Å². The molecule has 31 heavy (non-hydrogen) atoms. The number of methoxy groups -OCH3 is 1. The van der Waals surface area contributed by atoms with Crippen molar-refractivity contribution in [3.63, 3.8) is 0 Å². The maximum absolute atomic E-state index is 13.8. The molecule has 0 spiro atoms. The number of halogens is 1. The second-order valence-corrected chi connectivity index (χ2v) is 8.17. The summed E-state index contributed by atoms with van der Waals surface area (Å²) in [7, 11) is 1.53. The summed E-state index contributed by atoms with van der Waals surface area (Å²) in [6.07, 6.45) is 0. The minimum atomic E-state index is -0.487. The van der Waals surface area contributed by atoms with Crippen molar-refractivity contribution in [2.24, 2.45) is 0 Å². The minimum Gasteiger partial charge on any atom is -0.497 e. The molecule has 0 amide bonds. The molecule has 5 rings (SSSR count). The maximum Gasteiger partial charge on any atom is 0.336 e. The normalized spacial score (nSPS) is 11.3. The van der Waals surface area contributed by atoms with E-state index < -0.39 is 5.69 Å². The van der Waals surface area contributed by atoms with Gasteiger partial charge in [-0.05, 0) is 35.9 Å². The molecule has 0 N–H and O–H groups in total. The standard InChI is InChI=1S/C24H17FN2O3S/c1-30-18-9-5-8-17(13-18)27-23(28)22-21(19-10-2-3-11-20(19)31-22)26(24(27)29)14-15-6-4-7-16(25)12-15/h2-13H,14H2,1H3. The first-order valence-electron chi connectivity index (χ1n) is 9.63. The van der Waals surface area contributed by atoms with Crippen molar-refractivity contribution in [2.45, 2.75) is 6.54 Å². The molecule has 0 bridgehead atoms. The second-order valence-electron chi connectivity index (χ2n) is 7.12. The van der Waals surface area contributed by atoms with Crippen molar-refractivity contribution < 1.29 is 9.13 Å². The topological polar surface area (TPSA) is 53.2 Å². The average molecular weight is 432 g/mol. The Kier molecular flexibility index (Phi) is 4.67. The summed E-state index contributed by atoms with van der Waals surface area (Å²) >= 11 is 1.35. The molecule has 154 valence electrons. The number of hydrogen-bond donors (Lipinski definition) is 0. The molecule has 0 saturated heterocycles. The Balaban J connectivity index is 1.88. The van der Waals surface area contributed by atoms with E-state index in [-0.39, 0.29) is 17.9 Å². The van der Waals surface area contributed by atoms with Crippen LogP contribution in [0.5, 0.6) is 5.75 Å². The Morgan fingerprint density at radius 1 is 0.968 bits per heavy atom. The number of rotatable bonds is 4. The van der Waals surface area contributed by atoms with E-state index in [0.717, 1.165) is 14.7 Å². The van der Waals surface area contributed by atoms with E-state index in [2.05, 4.69) is 0 Å². The van der Waals surface area contributed by atoms with Crippen molar-refractivity contribution in [2.75, 3.05) is 7.11 Å². The van der Waals surface area contributed by atoms with E-state index >= 15 is 0 Å². The number of nitrogens with zero attached hydrogens (tertiary/aromatic N) is 2. The molecule has 5 aromatic rings. The summed E-state index contributed by atoms with van der Waals surface area (Å²) in [6.45, 7) is 0.137.